The first-order valence-electron chi connectivity index (χ1n) is 7.48. The van der Waals surface area contributed by atoms with Gasteiger partial charge in [-0.05, 0) is 44.3 Å². The van der Waals surface area contributed by atoms with Crippen LogP contribution in [0.4, 0.5) is 4.79 Å². The van der Waals surface area contributed by atoms with Gasteiger partial charge in [-0.3, -0.25) is 4.90 Å². The minimum Gasteiger partial charge on any atom is -0.445 e. The van der Waals surface area contributed by atoms with Crippen LogP contribution in [-0.2, 0) is 11.3 Å². The smallest absolute Gasteiger partial charge is 0.407 e. The summed E-state index contributed by atoms with van der Waals surface area (Å²) in [4.78, 5) is 14.3. The largest absolute Gasteiger partial charge is 0.445 e. The number of alkyl carbamates (subject to hydrolysis) is 1. The average Bonchev–Trinajstić information content (AvgIpc) is 3.04. The Kier molecular flexibility index (Phi) is 3.92. The Morgan fingerprint density at radius 1 is 1.20 bits per heavy atom. The number of fused-ring (bicyclic) bond motifs is 1. The Morgan fingerprint density at radius 2 is 1.90 bits per heavy atom. The van der Waals surface area contributed by atoms with Crippen LogP contribution < -0.4 is 5.32 Å². The van der Waals surface area contributed by atoms with E-state index >= 15 is 0 Å². The van der Waals surface area contributed by atoms with Gasteiger partial charge in [0.1, 0.15) is 6.61 Å². The number of amides is 1. The van der Waals surface area contributed by atoms with E-state index in [0.29, 0.717) is 6.61 Å². The molecular formula is C16H22N2O2. The van der Waals surface area contributed by atoms with Crippen molar-refractivity contribution in [2.75, 3.05) is 19.6 Å². The highest BCUT2D eigenvalue weighted by atomic mass is 16.5. The zero-order valence-electron chi connectivity index (χ0n) is 11.8. The van der Waals surface area contributed by atoms with Crippen LogP contribution in [0.5, 0.6) is 0 Å². The van der Waals surface area contributed by atoms with E-state index in [-0.39, 0.29) is 11.6 Å². The fraction of sp³-hybridized carbons (Fsp3) is 0.562. The number of hydrogen-bond acceptors (Lipinski definition) is 3. The first kappa shape index (κ1) is 13.4. The lowest BCUT2D eigenvalue weighted by atomic mass is 9.94. The molecule has 1 N–H and O–H groups in total. The van der Waals surface area contributed by atoms with Gasteiger partial charge in [-0.1, -0.05) is 30.3 Å². The van der Waals surface area contributed by atoms with Gasteiger partial charge in [0.05, 0.1) is 0 Å². The van der Waals surface area contributed by atoms with Crippen LogP contribution in [0.2, 0.25) is 0 Å². The summed E-state index contributed by atoms with van der Waals surface area (Å²) < 4.78 is 5.26. The Hall–Kier alpha value is -1.55. The van der Waals surface area contributed by atoms with Crippen molar-refractivity contribution in [2.24, 2.45) is 0 Å². The van der Waals surface area contributed by atoms with E-state index in [4.69, 9.17) is 4.74 Å². The topological polar surface area (TPSA) is 41.6 Å². The minimum absolute atomic E-state index is 0.214. The maximum Gasteiger partial charge on any atom is 0.407 e. The highest BCUT2D eigenvalue weighted by Gasteiger charge is 2.44. The molecule has 4 nitrogen and oxygen atoms in total. The zero-order valence-corrected chi connectivity index (χ0v) is 11.8. The van der Waals surface area contributed by atoms with Crippen molar-refractivity contribution in [1.82, 2.24) is 10.2 Å². The number of ether oxygens (including phenoxy) is 1. The lowest BCUT2D eigenvalue weighted by Gasteiger charge is -2.31. The van der Waals surface area contributed by atoms with Crippen molar-refractivity contribution in [3.05, 3.63) is 35.9 Å². The van der Waals surface area contributed by atoms with Crippen LogP contribution in [0.1, 0.15) is 31.2 Å². The summed E-state index contributed by atoms with van der Waals surface area (Å²) in [6, 6.07) is 9.77. The highest BCUT2D eigenvalue weighted by Crippen LogP contribution is 2.38. The summed E-state index contributed by atoms with van der Waals surface area (Å²) in [5, 5.41) is 2.95. The molecule has 3 rings (SSSR count). The Balaban J connectivity index is 1.45. The number of carbonyl (C=O) groups is 1. The van der Waals surface area contributed by atoms with Crippen molar-refractivity contribution in [1.29, 1.82) is 0 Å². The van der Waals surface area contributed by atoms with Gasteiger partial charge in [-0.15, -0.1) is 0 Å². The molecule has 0 unspecified atom stereocenters. The van der Waals surface area contributed by atoms with Crippen molar-refractivity contribution in [3.63, 3.8) is 0 Å². The molecular weight excluding hydrogens is 252 g/mol. The maximum absolute atomic E-state index is 11.8. The van der Waals surface area contributed by atoms with Gasteiger partial charge in [0.15, 0.2) is 0 Å². The van der Waals surface area contributed by atoms with Crippen molar-refractivity contribution in [2.45, 2.75) is 37.8 Å². The van der Waals surface area contributed by atoms with Crippen molar-refractivity contribution in [3.8, 4) is 0 Å². The van der Waals surface area contributed by atoms with Gasteiger partial charge in [-0.2, -0.15) is 0 Å². The molecule has 0 radical (unpaired) electrons. The molecule has 2 fully saturated rings. The van der Waals surface area contributed by atoms with Crippen LogP contribution in [0, 0.1) is 0 Å². The molecule has 2 aliphatic heterocycles. The molecule has 2 heterocycles. The highest BCUT2D eigenvalue weighted by molar-refractivity contribution is 5.67. The van der Waals surface area contributed by atoms with E-state index in [1.165, 1.54) is 38.8 Å². The number of rotatable bonds is 4. The van der Waals surface area contributed by atoms with Crippen LogP contribution in [0.15, 0.2) is 30.3 Å². The standard InChI is InChI=1S/C16H22N2O2/c19-15(20-12-14-6-2-1-3-7-14)17-13-16-8-4-10-18(16)11-5-9-16/h1-3,6-7H,4-5,8-13H2,(H,17,19). The third-order valence-electron chi connectivity index (χ3n) is 4.59. The van der Waals surface area contributed by atoms with Crippen molar-refractivity contribution >= 4 is 6.09 Å². The summed E-state index contributed by atoms with van der Waals surface area (Å²) in [5.74, 6) is 0. The Bertz CT molecular complexity index is 451. The van der Waals surface area contributed by atoms with E-state index in [1.807, 2.05) is 30.3 Å². The lowest BCUT2D eigenvalue weighted by molar-refractivity contribution is 0.128. The molecule has 0 bridgehead atoms. The van der Waals surface area contributed by atoms with Crippen LogP contribution in [0.3, 0.4) is 0 Å². The van der Waals surface area contributed by atoms with Gasteiger partial charge in [0.25, 0.3) is 0 Å². The fourth-order valence-electron chi connectivity index (χ4n) is 3.52. The molecule has 1 amide bonds. The second kappa shape index (κ2) is 5.83. The quantitative estimate of drug-likeness (QED) is 0.917. The van der Waals surface area contributed by atoms with Crippen LogP contribution in [-0.4, -0.2) is 36.2 Å². The first-order valence-corrected chi connectivity index (χ1v) is 7.48. The van der Waals surface area contributed by atoms with E-state index < -0.39 is 0 Å². The second-order valence-corrected chi connectivity index (χ2v) is 5.83. The van der Waals surface area contributed by atoms with Gasteiger partial charge < -0.3 is 10.1 Å². The van der Waals surface area contributed by atoms with E-state index in [1.54, 1.807) is 0 Å². The van der Waals surface area contributed by atoms with Gasteiger partial charge in [0, 0.05) is 12.1 Å². The summed E-state index contributed by atoms with van der Waals surface area (Å²) in [7, 11) is 0. The molecule has 0 atom stereocenters. The molecule has 20 heavy (non-hydrogen) atoms. The fourth-order valence-corrected chi connectivity index (χ4v) is 3.52. The molecule has 2 saturated heterocycles. The van der Waals surface area contributed by atoms with E-state index in [9.17, 15) is 4.79 Å². The summed E-state index contributed by atoms with van der Waals surface area (Å²) in [6.07, 6.45) is 4.60. The average molecular weight is 274 g/mol. The SMILES string of the molecule is O=C(NCC12CCCN1CCC2)OCc1ccccc1. The minimum atomic E-state index is -0.304. The molecule has 2 aliphatic rings. The first-order chi connectivity index (χ1) is 9.78. The Morgan fingerprint density at radius 3 is 2.60 bits per heavy atom. The number of nitrogens with one attached hydrogen (secondary N) is 1. The summed E-state index contributed by atoms with van der Waals surface area (Å²) >= 11 is 0. The molecule has 0 aromatic heterocycles. The molecule has 0 saturated carbocycles. The monoisotopic (exact) mass is 274 g/mol. The predicted octanol–water partition coefficient (Wildman–Crippen LogP) is 2.54. The summed E-state index contributed by atoms with van der Waals surface area (Å²) in [6.45, 7) is 3.42. The normalized spacial score (nSPS) is 20.6. The molecule has 108 valence electrons. The van der Waals surface area contributed by atoms with Gasteiger partial charge in [-0.25, -0.2) is 4.79 Å². The molecule has 0 spiro atoms. The Labute approximate surface area is 120 Å². The van der Waals surface area contributed by atoms with Crippen molar-refractivity contribution < 1.29 is 9.53 Å². The van der Waals surface area contributed by atoms with E-state index in [0.717, 1.165) is 12.1 Å². The molecule has 0 aliphatic carbocycles. The number of nitrogens with zero attached hydrogens (tertiary/aromatic N) is 1. The maximum atomic E-state index is 11.8. The predicted molar refractivity (Wildman–Crippen MR) is 77.4 cm³/mol. The third-order valence-corrected chi connectivity index (χ3v) is 4.59. The number of benzene rings is 1. The summed E-state index contributed by atoms with van der Waals surface area (Å²) in [5.41, 5.74) is 1.23. The molecule has 1 aromatic carbocycles. The van der Waals surface area contributed by atoms with Crippen LogP contribution in [0.25, 0.3) is 0 Å². The molecule has 1 aromatic rings. The van der Waals surface area contributed by atoms with Gasteiger partial charge >= 0.3 is 6.09 Å². The van der Waals surface area contributed by atoms with Gasteiger partial charge in [0.2, 0.25) is 0 Å². The second-order valence-electron chi connectivity index (χ2n) is 5.83. The number of carbonyl (C=O) groups excluding carboxylic acids is 1. The third kappa shape index (κ3) is 2.80. The van der Waals surface area contributed by atoms with Crippen LogP contribution >= 0.6 is 0 Å². The van der Waals surface area contributed by atoms with E-state index in [2.05, 4.69) is 10.2 Å². The lowest BCUT2D eigenvalue weighted by Crippen LogP contribution is -2.48. The zero-order chi connectivity index (χ0) is 13.8. The number of hydrogen-bond donors (Lipinski definition) is 1. The molecule has 4 heteroatoms.